The molecule has 2 N–H and O–H groups in total. The summed E-state index contributed by atoms with van der Waals surface area (Å²) < 4.78 is 0. The average molecular weight is 394 g/mol. The van der Waals surface area contributed by atoms with E-state index in [1.165, 1.54) is 12.1 Å². The number of nitrogens with one attached hydrogen (secondary N) is 2. The summed E-state index contributed by atoms with van der Waals surface area (Å²) in [5, 5.41) is 6.28. The minimum absolute atomic E-state index is 0.0834. The Hall–Kier alpha value is -2.11. The maximum atomic E-state index is 12.5. The number of carbonyl (C=O) groups is 2. The van der Waals surface area contributed by atoms with Crippen molar-refractivity contribution in [2.45, 2.75) is 26.3 Å². The molecule has 1 atom stereocenters. The van der Waals surface area contributed by atoms with Crippen LogP contribution in [0.4, 0.5) is 0 Å². The van der Waals surface area contributed by atoms with Gasteiger partial charge in [-0.15, -0.1) is 0 Å². The predicted octanol–water partition coefficient (Wildman–Crippen LogP) is 3.50. The number of benzene rings is 1. The summed E-state index contributed by atoms with van der Waals surface area (Å²) in [7, 11) is 0. The first-order valence-electron chi connectivity index (χ1n) is 8.32. The number of halogens is 2. The van der Waals surface area contributed by atoms with E-state index in [0.29, 0.717) is 18.0 Å². The van der Waals surface area contributed by atoms with E-state index in [4.69, 9.17) is 23.2 Å². The summed E-state index contributed by atoms with van der Waals surface area (Å²) in [6, 6.07) is 9.59. The monoisotopic (exact) mass is 393 g/mol. The highest BCUT2D eigenvalue weighted by Crippen LogP contribution is 2.21. The fraction of sp³-hybridized carbons (Fsp3) is 0.316. The molecule has 0 unspecified atom stereocenters. The lowest BCUT2D eigenvalue weighted by molar-refractivity contribution is -0.123. The lowest BCUT2D eigenvalue weighted by Gasteiger charge is -2.22. The first-order chi connectivity index (χ1) is 12.4. The molecule has 138 valence electrons. The third kappa shape index (κ3) is 5.71. The standard InChI is InChI=1S/C19H21Cl2N3O2/c1-12(2)17(19(26)23-10-8-14-5-3-4-9-22-14)24-18(25)15-7-6-13(20)11-16(15)21/h3-7,9,11-12,17H,8,10H2,1-2H3,(H,23,26)(H,24,25)/t17-/m1/s1. The summed E-state index contributed by atoms with van der Waals surface area (Å²) in [5.41, 5.74) is 1.17. The molecule has 1 aromatic carbocycles. The van der Waals surface area contributed by atoms with Crippen molar-refractivity contribution in [1.29, 1.82) is 0 Å². The molecule has 2 amide bonds. The molecule has 26 heavy (non-hydrogen) atoms. The van der Waals surface area contributed by atoms with Gasteiger partial charge in [0.2, 0.25) is 5.91 Å². The Morgan fingerprint density at radius 2 is 1.92 bits per heavy atom. The van der Waals surface area contributed by atoms with E-state index < -0.39 is 11.9 Å². The number of hydrogen-bond acceptors (Lipinski definition) is 3. The molecule has 0 aliphatic heterocycles. The lowest BCUT2D eigenvalue weighted by atomic mass is 10.0. The molecule has 0 saturated carbocycles. The Bertz CT molecular complexity index is 767. The molecule has 0 spiro atoms. The highest BCUT2D eigenvalue weighted by atomic mass is 35.5. The van der Waals surface area contributed by atoms with Crippen molar-refractivity contribution in [2.75, 3.05) is 6.54 Å². The van der Waals surface area contributed by atoms with Gasteiger partial charge in [-0.1, -0.05) is 43.1 Å². The number of nitrogens with zero attached hydrogens (tertiary/aromatic N) is 1. The van der Waals surface area contributed by atoms with E-state index in [1.807, 2.05) is 32.0 Å². The van der Waals surface area contributed by atoms with Crippen LogP contribution in [-0.4, -0.2) is 29.4 Å². The van der Waals surface area contributed by atoms with Crippen LogP contribution < -0.4 is 10.6 Å². The maximum Gasteiger partial charge on any atom is 0.253 e. The van der Waals surface area contributed by atoms with Crippen LogP contribution in [0.15, 0.2) is 42.6 Å². The Kier molecular flexibility index (Phi) is 7.42. The van der Waals surface area contributed by atoms with E-state index in [1.54, 1.807) is 12.3 Å². The van der Waals surface area contributed by atoms with Crippen molar-refractivity contribution in [2.24, 2.45) is 5.92 Å². The number of carbonyl (C=O) groups excluding carboxylic acids is 2. The van der Waals surface area contributed by atoms with Crippen molar-refractivity contribution in [3.63, 3.8) is 0 Å². The van der Waals surface area contributed by atoms with Gasteiger partial charge in [0.25, 0.3) is 5.91 Å². The minimum Gasteiger partial charge on any atom is -0.354 e. The van der Waals surface area contributed by atoms with Gasteiger partial charge < -0.3 is 10.6 Å². The van der Waals surface area contributed by atoms with Crippen LogP contribution in [0.2, 0.25) is 10.0 Å². The number of pyridine rings is 1. The van der Waals surface area contributed by atoms with Crippen LogP contribution in [0.3, 0.4) is 0 Å². The van der Waals surface area contributed by atoms with Crippen LogP contribution in [0.5, 0.6) is 0 Å². The van der Waals surface area contributed by atoms with Gasteiger partial charge in [-0.05, 0) is 36.2 Å². The topological polar surface area (TPSA) is 71.1 Å². The summed E-state index contributed by atoms with van der Waals surface area (Å²) in [5.74, 6) is -0.737. The Labute approximate surface area is 163 Å². The molecule has 2 aromatic rings. The van der Waals surface area contributed by atoms with E-state index in [2.05, 4.69) is 15.6 Å². The van der Waals surface area contributed by atoms with Crippen LogP contribution >= 0.6 is 23.2 Å². The van der Waals surface area contributed by atoms with Gasteiger partial charge in [0.05, 0.1) is 10.6 Å². The second kappa shape index (κ2) is 9.55. The molecule has 5 nitrogen and oxygen atoms in total. The van der Waals surface area contributed by atoms with E-state index in [-0.39, 0.29) is 22.4 Å². The number of hydrogen-bond donors (Lipinski definition) is 2. The third-order valence-electron chi connectivity index (χ3n) is 3.82. The zero-order valence-electron chi connectivity index (χ0n) is 14.6. The van der Waals surface area contributed by atoms with Crippen LogP contribution in [0.1, 0.15) is 29.9 Å². The van der Waals surface area contributed by atoms with Crippen molar-refractivity contribution in [3.05, 3.63) is 63.9 Å². The average Bonchev–Trinajstić information content (AvgIpc) is 2.60. The molecule has 0 radical (unpaired) electrons. The predicted molar refractivity (Wildman–Crippen MR) is 104 cm³/mol. The molecule has 0 fully saturated rings. The van der Waals surface area contributed by atoms with Crippen molar-refractivity contribution < 1.29 is 9.59 Å². The minimum atomic E-state index is -0.669. The summed E-state index contributed by atoms with van der Waals surface area (Å²) >= 11 is 11.9. The number of aromatic nitrogens is 1. The summed E-state index contributed by atoms with van der Waals surface area (Å²) in [6.45, 7) is 4.18. The largest absolute Gasteiger partial charge is 0.354 e. The SMILES string of the molecule is CC(C)[C@@H](NC(=O)c1ccc(Cl)cc1Cl)C(=O)NCCc1ccccn1. The zero-order valence-corrected chi connectivity index (χ0v) is 16.1. The molecule has 7 heteroatoms. The third-order valence-corrected chi connectivity index (χ3v) is 4.37. The van der Waals surface area contributed by atoms with Crippen molar-refractivity contribution in [1.82, 2.24) is 15.6 Å². The molecule has 0 aliphatic rings. The van der Waals surface area contributed by atoms with Gasteiger partial charge in [-0.3, -0.25) is 14.6 Å². The summed E-state index contributed by atoms with van der Waals surface area (Å²) in [6.07, 6.45) is 2.33. The lowest BCUT2D eigenvalue weighted by Crippen LogP contribution is -2.50. The highest BCUT2D eigenvalue weighted by molar-refractivity contribution is 6.36. The molecule has 0 saturated heterocycles. The molecular weight excluding hydrogens is 373 g/mol. The van der Waals surface area contributed by atoms with Crippen LogP contribution in [0.25, 0.3) is 0 Å². The van der Waals surface area contributed by atoms with E-state index in [9.17, 15) is 9.59 Å². The van der Waals surface area contributed by atoms with Gasteiger partial charge in [-0.2, -0.15) is 0 Å². The second-order valence-electron chi connectivity index (χ2n) is 6.18. The first kappa shape index (κ1) is 20.2. The molecule has 1 aromatic heterocycles. The summed E-state index contributed by atoms with van der Waals surface area (Å²) in [4.78, 5) is 29.2. The smallest absolute Gasteiger partial charge is 0.253 e. The first-order valence-corrected chi connectivity index (χ1v) is 9.07. The van der Waals surface area contributed by atoms with Crippen molar-refractivity contribution >= 4 is 35.0 Å². The Morgan fingerprint density at radius 1 is 1.15 bits per heavy atom. The molecular formula is C19H21Cl2N3O2. The van der Waals surface area contributed by atoms with Crippen LogP contribution in [-0.2, 0) is 11.2 Å². The van der Waals surface area contributed by atoms with Gasteiger partial charge in [0, 0.05) is 29.9 Å². The molecule has 0 bridgehead atoms. The fourth-order valence-corrected chi connectivity index (χ4v) is 2.89. The van der Waals surface area contributed by atoms with Gasteiger partial charge >= 0.3 is 0 Å². The fourth-order valence-electron chi connectivity index (χ4n) is 2.40. The quantitative estimate of drug-likeness (QED) is 0.755. The highest BCUT2D eigenvalue weighted by Gasteiger charge is 2.25. The Morgan fingerprint density at radius 3 is 2.54 bits per heavy atom. The van der Waals surface area contributed by atoms with Gasteiger partial charge in [0.1, 0.15) is 6.04 Å². The maximum absolute atomic E-state index is 12.5. The van der Waals surface area contributed by atoms with Crippen LogP contribution in [0, 0.1) is 5.92 Å². The normalized spacial score (nSPS) is 11.9. The molecule has 1 heterocycles. The second-order valence-corrected chi connectivity index (χ2v) is 7.03. The van der Waals surface area contributed by atoms with E-state index >= 15 is 0 Å². The Balaban J connectivity index is 1.96. The molecule has 2 rings (SSSR count). The van der Waals surface area contributed by atoms with Gasteiger partial charge in [0.15, 0.2) is 0 Å². The zero-order chi connectivity index (χ0) is 19.1. The number of amides is 2. The van der Waals surface area contributed by atoms with Crippen molar-refractivity contribution in [3.8, 4) is 0 Å². The number of rotatable bonds is 7. The molecule has 0 aliphatic carbocycles. The van der Waals surface area contributed by atoms with Gasteiger partial charge in [-0.25, -0.2) is 0 Å². The van der Waals surface area contributed by atoms with E-state index in [0.717, 1.165) is 5.69 Å².